The van der Waals surface area contributed by atoms with Crippen LogP contribution in [-0.4, -0.2) is 28.7 Å². The molecule has 1 aromatic heterocycles. The zero-order chi connectivity index (χ0) is 11.8. The van der Waals surface area contributed by atoms with Gasteiger partial charge >= 0.3 is 0 Å². The van der Waals surface area contributed by atoms with Gasteiger partial charge in [0.05, 0.1) is 11.0 Å². The van der Waals surface area contributed by atoms with E-state index in [0.717, 1.165) is 37.4 Å². The Morgan fingerprint density at radius 2 is 1.94 bits per heavy atom. The molecule has 0 bridgehead atoms. The second kappa shape index (κ2) is 4.04. The van der Waals surface area contributed by atoms with Crippen LogP contribution in [-0.2, 0) is 7.05 Å². The Balaban J connectivity index is 1.97. The maximum absolute atomic E-state index is 5.93. The van der Waals surface area contributed by atoms with Gasteiger partial charge in [0.25, 0.3) is 0 Å². The molecule has 1 aliphatic rings. The number of piperidine rings is 1. The molecule has 2 N–H and O–H groups in total. The van der Waals surface area contributed by atoms with Crippen LogP contribution in [0.15, 0.2) is 24.3 Å². The Hall–Kier alpha value is -1.55. The summed E-state index contributed by atoms with van der Waals surface area (Å²) in [5.74, 6) is 1.07. The van der Waals surface area contributed by atoms with E-state index in [1.807, 2.05) is 6.07 Å². The number of aromatic nitrogens is 2. The highest BCUT2D eigenvalue weighted by Gasteiger charge is 2.20. The topological polar surface area (TPSA) is 47.1 Å². The van der Waals surface area contributed by atoms with Crippen molar-refractivity contribution in [2.24, 2.45) is 12.8 Å². The Kier molecular flexibility index (Phi) is 2.52. The summed E-state index contributed by atoms with van der Waals surface area (Å²) in [6.07, 6.45) is 2.12. The van der Waals surface area contributed by atoms with Crippen LogP contribution in [0.4, 0.5) is 5.95 Å². The number of hydrogen-bond donors (Lipinski definition) is 1. The first-order valence-electron chi connectivity index (χ1n) is 6.17. The zero-order valence-corrected chi connectivity index (χ0v) is 10.1. The van der Waals surface area contributed by atoms with Crippen LogP contribution in [0.1, 0.15) is 12.8 Å². The predicted molar refractivity (Wildman–Crippen MR) is 70.1 cm³/mol. The minimum Gasteiger partial charge on any atom is -0.342 e. The standard InChI is InChI=1S/C13H18N4/c1-16-12-5-3-2-4-11(12)15-13(16)17-8-6-10(14)7-9-17/h2-5,10H,6-9,14H2,1H3. The van der Waals surface area contributed by atoms with Crippen molar-refractivity contribution in [3.63, 3.8) is 0 Å². The third kappa shape index (κ3) is 1.78. The first kappa shape index (κ1) is 10.6. The smallest absolute Gasteiger partial charge is 0.206 e. The van der Waals surface area contributed by atoms with Crippen molar-refractivity contribution in [1.29, 1.82) is 0 Å². The third-order valence-electron chi connectivity index (χ3n) is 3.59. The van der Waals surface area contributed by atoms with E-state index < -0.39 is 0 Å². The fourth-order valence-corrected chi connectivity index (χ4v) is 2.52. The van der Waals surface area contributed by atoms with Gasteiger partial charge in [-0.05, 0) is 25.0 Å². The van der Waals surface area contributed by atoms with Crippen LogP contribution < -0.4 is 10.6 Å². The van der Waals surface area contributed by atoms with Crippen molar-refractivity contribution in [3.8, 4) is 0 Å². The summed E-state index contributed by atoms with van der Waals surface area (Å²) in [5.41, 5.74) is 8.20. The molecule has 0 aliphatic carbocycles. The molecule has 2 aromatic rings. The molecule has 0 unspecified atom stereocenters. The van der Waals surface area contributed by atoms with Crippen molar-refractivity contribution in [2.45, 2.75) is 18.9 Å². The molecule has 0 amide bonds. The van der Waals surface area contributed by atoms with E-state index in [4.69, 9.17) is 10.7 Å². The monoisotopic (exact) mass is 230 g/mol. The predicted octanol–water partition coefficient (Wildman–Crippen LogP) is 1.50. The normalized spacial score (nSPS) is 17.9. The lowest BCUT2D eigenvalue weighted by Crippen LogP contribution is -2.40. The lowest BCUT2D eigenvalue weighted by atomic mass is 10.1. The molecule has 0 saturated carbocycles. The number of aryl methyl sites for hydroxylation is 1. The molecule has 17 heavy (non-hydrogen) atoms. The highest BCUT2D eigenvalue weighted by atomic mass is 15.3. The van der Waals surface area contributed by atoms with Crippen LogP contribution in [0.2, 0.25) is 0 Å². The van der Waals surface area contributed by atoms with E-state index in [0.29, 0.717) is 6.04 Å². The lowest BCUT2D eigenvalue weighted by Gasteiger charge is -2.30. The molecular formula is C13H18N4. The van der Waals surface area contributed by atoms with Gasteiger partial charge in [0.2, 0.25) is 5.95 Å². The summed E-state index contributed by atoms with van der Waals surface area (Å²) in [5, 5.41) is 0. The second-order valence-electron chi connectivity index (χ2n) is 4.78. The lowest BCUT2D eigenvalue weighted by molar-refractivity contribution is 0.493. The molecule has 0 radical (unpaired) electrons. The second-order valence-corrected chi connectivity index (χ2v) is 4.78. The van der Waals surface area contributed by atoms with Crippen molar-refractivity contribution < 1.29 is 0 Å². The summed E-state index contributed by atoms with van der Waals surface area (Å²) in [6, 6.07) is 8.63. The number of para-hydroxylation sites is 2. The molecule has 0 atom stereocenters. The molecule has 1 fully saturated rings. The van der Waals surface area contributed by atoms with Crippen molar-refractivity contribution in [3.05, 3.63) is 24.3 Å². The van der Waals surface area contributed by atoms with Crippen molar-refractivity contribution >= 4 is 17.0 Å². The maximum atomic E-state index is 5.93. The van der Waals surface area contributed by atoms with E-state index in [1.165, 1.54) is 5.52 Å². The quantitative estimate of drug-likeness (QED) is 0.807. The summed E-state index contributed by atoms with van der Waals surface area (Å²) in [4.78, 5) is 7.05. The number of benzene rings is 1. The molecule has 2 heterocycles. The largest absolute Gasteiger partial charge is 0.342 e. The van der Waals surface area contributed by atoms with Gasteiger partial charge in [0.15, 0.2) is 0 Å². The zero-order valence-electron chi connectivity index (χ0n) is 10.1. The Bertz CT molecular complexity index is 523. The minimum atomic E-state index is 0.362. The molecule has 90 valence electrons. The Morgan fingerprint density at radius 1 is 1.24 bits per heavy atom. The molecular weight excluding hydrogens is 212 g/mol. The number of nitrogens with zero attached hydrogens (tertiary/aromatic N) is 3. The van der Waals surface area contributed by atoms with Crippen LogP contribution in [0.25, 0.3) is 11.0 Å². The highest BCUT2D eigenvalue weighted by molar-refractivity contribution is 5.78. The number of fused-ring (bicyclic) bond motifs is 1. The van der Waals surface area contributed by atoms with Crippen LogP contribution in [0.5, 0.6) is 0 Å². The van der Waals surface area contributed by atoms with Crippen LogP contribution >= 0.6 is 0 Å². The van der Waals surface area contributed by atoms with Gasteiger partial charge in [0.1, 0.15) is 0 Å². The molecule has 4 nitrogen and oxygen atoms in total. The van der Waals surface area contributed by atoms with Gasteiger partial charge in [-0.1, -0.05) is 12.1 Å². The van der Waals surface area contributed by atoms with Gasteiger partial charge < -0.3 is 15.2 Å². The van der Waals surface area contributed by atoms with E-state index in [9.17, 15) is 0 Å². The van der Waals surface area contributed by atoms with E-state index in [1.54, 1.807) is 0 Å². The van der Waals surface area contributed by atoms with Crippen LogP contribution in [0.3, 0.4) is 0 Å². The number of rotatable bonds is 1. The Labute approximate surface area is 101 Å². The van der Waals surface area contributed by atoms with Crippen molar-refractivity contribution in [1.82, 2.24) is 9.55 Å². The molecule has 1 aromatic carbocycles. The first-order valence-corrected chi connectivity index (χ1v) is 6.17. The van der Waals surface area contributed by atoms with E-state index in [2.05, 4.69) is 34.7 Å². The number of imidazole rings is 1. The van der Waals surface area contributed by atoms with Gasteiger partial charge in [-0.25, -0.2) is 4.98 Å². The number of hydrogen-bond acceptors (Lipinski definition) is 3. The van der Waals surface area contributed by atoms with Crippen LogP contribution in [0, 0.1) is 0 Å². The average molecular weight is 230 g/mol. The fraction of sp³-hybridized carbons (Fsp3) is 0.462. The summed E-state index contributed by atoms with van der Waals surface area (Å²) < 4.78 is 2.17. The third-order valence-corrected chi connectivity index (χ3v) is 3.59. The van der Waals surface area contributed by atoms with Gasteiger partial charge in [-0.15, -0.1) is 0 Å². The minimum absolute atomic E-state index is 0.362. The average Bonchev–Trinajstić information content (AvgIpc) is 2.69. The van der Waals surface area contributed by atoms with Gasteiger partial charge in [-0.2, -0.15) is 0 Å². The number of anilines is 1. The summed E-state index contributed by atoms with van der Waals surface area (Å²) >= 11 is 0. The van der Waals surface area contributed by atoms with Crippen molar-refractivity contribution in [2.75, 3.05) is 18.0 Å². The van der Waals surface area contributed by atoms with Gasteiger partial charge in [0, 0.05) is 26.2 Å². The number of nitrogens with two attached hydrogens (primary N) is 1. The maximum Gasteiger partial charge on any atom is 0.206 e. The summed E-state index contributed by atoms with van der Waals surface area (Å²) in [6.45, 7) is 2.02. The van der Waals surface area contributed by atoms with E-state index in [-0.39, 0.29) is 0 Å². The SMILES string of the molecule is Cn1c(N2CCC(N)CC2)nc2ccccc21. The molecule has 4 heteroatoms. The first-order chi connectivity index (χ1) is 8.25. The molecule has 1 aliphatic heterocycles. The summed E-state index contributed by atoms with van der Waals surface area (Å²) in [7, 11) is 2.08. The highest BCUT2D eigenvalue weighted by Crippen LogP contribution is 2.23. The Morgan fingerprint density at radius 3 is 2.65 bits per heavy atom. The molecule has 0 spiro atoms. The molecule has 1 saturated heterocycles. The fourth-order valence-electron chi connectivity index (χ4n) is 2.52. The molecule has 3 rings (SSSR count). The van der Waals surface area contributed by atoms with Gasteiger partial charge in [-0.3, -0.25) is 0 Å². The van der Waals surface area contributed by atoms with E-state index >= 15 is 0 Å².